The summed E-state index contributed by atoms with van der Waals surface area (Å²) >= 11 is 0. The van der Waals surface area contributed by atoms with E-state index in [0.29, 0.717) is 19.8 Å². The number of benzene rings is 2. The SMILES string of the molecule is O=C(CN1CCN(Cc2ccccc2)CC1)N1CCCC1c1ccc2c(c1)OCCO2. The average Bonchev–Trinajstić information content (AvgIpc) is 3.31. The van der Waals surface area contributed by atoms with E-state index in [1.807, 2.05) is 6.07 Å². The molecule has 0 saturated carbocycles. The quantitative estimate of drug-likeness (QED) is 0.743. The molecule has 0 aliphatic carbocycles. The van der Waals surface area contributed by atoms with Crippen LogP contribution in [0.3, 0.4) is 0 Å². The van der Waals surface area contributed by atoms with Crippen LogP contribution in [0.1, 0.15) is 30.0 Å². The van der Waals surface area contributed by atoms with Gasteiger partial charge in [0.05, 0.1) is 12.6 Å². The molecule has 31 heavy (non-hydrogen) atoms. The van der Waals surface area contributed by atoms with Crippen LogP contribution in [0.4, 0.5) is 0 Å². The third-order valence-electron chi connectivity index (χ3n) is 6.60. The van der Waals surface area contributed by atoms with E-state index in [1.54, 1.807) is 0 Å². The predicted octanol–water partition coefficient (Wildman–Crippen LogP) is 2.94. The van der Waals surface area contributed by atoms with Gasteiger partial charge in [0.2, 0.25) is 5.91 Å². The third-order valence-corrected chi connectivity index (χ3v) is 6.60. The number of rotatable bonds is 5. The molecule has 5 rings (SSSR count). The second-order valence-corrected chi connectivity index (χ2v) is 8.69. The molecule has 6 nitrogen and oxygen atoms in total. The smallest absolute Gasteiger partial charge is 0.237 e. The average molecular weight is 422 g/mol. The molecular formula is C25H31N3O3. The number of likely N-dealkylation sites (tertiary alicyclic amines) is 1. The molecule has 3 heterocycles. The van der Waals surface area contributed by atoms with Crippen molar-refractivity contribution in [2.75, 3.05) is 52.5 Å². The van der Waals surface area contributed by atoms with Gasteiger partial charge in [0.25, 0.3) is 0 Å². The molecule has 2 fully saturated rings. The van der Waals surface area contributed by atoms with Gasteiger partial charge in [-0.2, -0.15) is 0 Å². The number of fused-ring (bicyclic) bond motifs is 1. The Morgan fingerprint density at radius 3 is 2.42 bits per heavy atom. The molecule has 6 heteroatoms. The second kappa shape index (κ2) is 9.28. The molecule has 2 aromatic rings. The topological polar surface area (TPSA) is 45.3 Å². The van der Waals surface area contributed by atoms with Crippen LogP contribution < -0.4 is 9.47 Å². The van der Waals surface area contributed by atoms with Crippen molar-refractivity contribution in [1.82, 2.24) is 14.7 Å². The van der Waals surface area contributed by atoms with Crippen LogP contribution in [0.5, 0.6) is 11.5 Å². The van der Waals surface area contributed by atoms with Gasteiger partial charge in [-0.3, -0.25) is 14.6 Å². The summed E-state index contributed by atoms with van der Waals surface area (Å²) in [5.74, 6) is 1.85. The Morgan fingerprint density at radius 2 is 1.61 bits per heavy atom. The molecule has 1 amide bonds. The predicted molar refractivity (Wildman–Crippen MR) is 119 cm³/mol. The molecule has 0 bridgehead atoms. The Hall–Kier alpha value is -2.57. The maximum absolute atomic E-state index is 13.2. The van der Waals surface area contributed by atoms with Crippen molar-refractivity contribution >= 4 is 5.91 Å². The van der Waals surface area contributed by atoms with Crippen LogP contribution in [-0.4, -0.2) is 73.1 Å². The lowest BCUT2D eigenvalue weighted by Gasteiger charge is -2.35. The number of amides is 1. The number of hydrogen-bond acceptors (Lipinski definition) is 5. The summed E-state index contributed by atoms with van der Waals surface area (Å²) in [6.07, 6.45) is 2.06. The van der Waals surface area contributed by atoms with Gasteiger partial charge in [-0.15, -0.1) is 0 Å². The van der Waals surface area contributed by atoms with E-state index in [1.165, 1.54) is 5.56 Å². The van der Waals surface area contributed by atoms with Gasteiger partial charge >= 0.3 is 0 Å². The zero-order chi connectivity index (χ0) is 21.0. The van der Waals surface area contributed by atoms with Gasteiger partial charge < -0.3 is 14.4 Å². The number of carbonyl (C=O) groups excluding carboxylic acids is 1. The first-order chi connectivity index (χ1) is 15.3. The van der Waals surface area contributed by atoms with E-state index in [2.05, 4.69) is 57.2 Å². The van der Waals surface area contributed by atoms with Gasteiger partial charge in [-0.1, -0.05) is 36.4 Å². The molecule has 0 radical (unpaired) electrons. The van der Waals surface area contributed by atoms with E-state index >= 15 is 0 Å². The van der Waals surface area contributed by atoms with Crippen molar-refractivity contribution < 1.29 is 14.3 Å². The van der Waals surface area contributed by atoms with Crippen molar-refractivity contribution in [3.63, 3.8) is 0 Å². The van der Waals surface area contributed by atoms with Crippen molar-refractivity contribution in [3.05, 3.63) is 59.7 Å². The Bertz CT molecular complexity index is 896. The Labute approximate surface area is 184 Å². The monoisotopic (exact) mass is 421 g/mol. The first-order valence-electron chi connectivity index (χ1n) is 11.4. The minimum absolute atomic E-state index is 0.141. The largest absolute Gasteiger partial charge is 0.486 e. The number of hydrogen-bond donors (Lipinski definition) is 0. The van der Waals surface area contributed by atoms with Gasteiger partial charge in [0, 0.05) is 39.3 Å². The number of piperazine rings is 1. The highest BCUT2D eigenvalue weighted by Crippen LogP contribution is 2.38. The minimum atomic E-state index is 0.141. The molecule has 0 aromatic heterocycles. The summed E-state index contributed by atoms with van der Waals surface area (Å²) in [5, 5.41) is 0. The minimum Gasteiger partial charge on any atom is -0.486 e. The Morgan fingerprint density at radius 1 is 0.871 bits per heavy atom. The number of ether oxygens (including phenoxy) is 2. The maximum Gasteiger partial charge on any atom is 0.237 e. The highest BCUT2D eigenvalue weighted by Gasteiger charge is 2.32. The molecule has 3 aliphatic rings. The zero-order valence-electron chi connectivity index (χ0n) is 18.0. The highest BCUT2D eigenvalue weighted by molar-refractivity contribution is 5.79. The summed E-state index contributed by atoms with van der Waals surface area (Å²) in [6.45, 7) is 7.43. The van der Waals surface area contributed by atoms with Crippen LogP contribution in [0.2, 0.25) is 0 Å². The summed E-state index contributed by atoms with van der Waals surface area (Å²) < 4.78 is 11.4. The molecule has 164 valence electrons. The van der Waals surface area contributed by atoms with E-state index in [-0.39, 0.29) is 11.9 Å². The third kappa shape index (κ3) is 4.70. The fourth-order valence-corrected chi connectivity index (χ4v) is 4.91. The van der Waals surface area contributed by atoms with Crippen LogP contribution in [0.15, 0.2) is 48.5 Å². The maximum atomic E-state index is 13.2. The second-order valence-electron chi connectivity index (χ2n) is 8.69. The molecule has 2 aromatic carbocycles. The molecular weight excluding hydrogens is 390 g/mol. The highest BCUT2D eigenvalue weighted by atomic mass is 16.6. The van der Waals surface area contributed by atoms with E-state index < -0.39 is 0 Å². The van der Waals surface area contributed by atoms with Gasteiger partial charge in [0.15, 0.2) is 11.5 Å². The van der Waals surface area contributed by atoms with E-state index in [0.717, 1.165) is 69.2 Å². The fourth-order valence-electron chi connectivity index (χ4n) is 4.91. The van der Waals surface area contributed by atoms with Crippen LogP contribution in [0, 0.1) is 0 Å². The first-order valence-corrected chi connectivity index (χ1v) is 11.4. The van der Waals surface area contributed by atoms with E-state index in [9.17, 15) is 4.79 Å². The Balaban J connectivity index is 1.16. The molecule has 1 atom stereocenters. The standard InChI is InChI=1S/C25H31N3O3/c29-25(19-27-13-11-26(12-14-27)18-20-5-2-1-3-6-20)28-10-4-7-22(28)21-8-9-23-24(17-21)31-16-15-30-23/h1-3,5-6,8-9,17,22H,4,7,10-16,18-19H2. The van der Waals surface area contributed by atoms with Gasteiger partial charge in [-0.25, -0.2) is 0 Å². The van der Waals surface area contributed by atoms with E-state index in [4.69, 9.17) is 9.47 Å². The zero-order valence-corrected chi connectivity index (χ0v) is 18.0. The molecule has 3 aliphatic heterocycles. The van der Waals surface area contributed by atoms with Crippen LogP contribution in [0.25, 0.3) is 0 Å². The lowest BCUT2D eigenvalue weighted by Crippen LogP contribution is -2.49. The number of nitrogens with zero attached hydrogens (tertiary/aromatic N) is 3. The summed E-state index contributed by atoms with van der Waals surface area (Å²) in [6, 6.07) is 16.9. The van der Waals surface area contributed by atoms with Gasteiger partial charge in [0.1, 0.15) is 13.2 Å². The summed E-state index contributed by atoms with van der Waals surface area (Å²) in [7, 11) is 0. The van der Waals surface area contributed by atoms with Crippen molar-refractivity contribution in [2.45, 2.75) is 25.4 Å². The summed E-state index contributed by atoms with van der Waals surface area (Å²) in [4.78, 5) is 20.0. The Kier molecular flexibility index (Phi) is 6.09. The van der Waals surface area contributed by atoms with Crippen molar-refractivity contribution in [3.8, 4) is 11.5 Å². The van der Waals surface area contributed by atoms with Gasteiger partial charge in [-0.05, 0) is 36.1 Å². The van der Waals surface area contributed by atoms with Crippen molar-refractivity contribution in [2.24, 2.45) is 0 Å². The molecule has 0 spiro atoms. The molecule has 1 unspecified atom stereocenters. The van der Waals surface area contributed by atoms with Crippen LogP contribution >= 0.6 is 0 Å². The normalized spacial score (nSPS) is 21.9. The fraction of sp³-hybridized carbons (Fsp3) is 0.480. The lowest BCUT2D eigenvalue weighted by atomic mass is 10.0. The first kappa shape index (κ1) is 20.3. The number of carbonyl (C=O) groups is 1. The molecule has 2 saturated heterocycles. The molecule has 0 N–H and O–H groups in total. The van der Waals surface area contributed by atoms with Crippen LogP contribution in [-0.2, 0) is 11.3 Å². The lowest BCUT2D eigenvalue weighted by molar-refractivity contribution is -0.133. The summed E-state index contributed by atoms with van der Waals surface area (Å²) in [5.41, 5.74) is 2.51. The van der Waals surface area contributed by atoms with Crippen molar-refractivity contribution in [1.29, 1.82) is 0 Å².